The number of thiophene rings is 1. The third-order valence-corrected chi connectivity index (χ3v) is 3.23. The van der Waals surface area contributed by atoms with E-state index in [0.717, 1.165) is 20.3 Å². The maximum atomic E-state index is 5.88. The molecule has 0 amide bonds. The SMILES string of the molecule is NCc1cnccc1-c1ccc(Cl)s1. The number of nitrogens with zero attached hydrogens (tertiary/aromatic N) is 1. The second kappa shape index (κ2) is 4.09. The van der Waals surface area contributed by atoms with E-state index in [1.165, 1.54) is 0 Å². The molecule has 2 nitrogen and oxygen atoms in total. The van der Waals surface area contributed by atoms with Crippen molar-refractivity contribution in [2.24, 2.45) is 5.73 Å². The van der Waals surface area contributed by atoms with Crippen molar-refractivity contribution < 1.29 is 0 Å². The Morgan fingerprint density at radius 3 is 2.86 bits per heavy atom. The quantitative estimate of drug-likeness (QED) is 0.852. The second-order valence-corrected chi connectivity index (χ2v) is 4.56. The molecule has 0 aliphatic rings. The number of rotatable bonds is 2. The smallest absolute Gasteiger partial charge is 0.0934 e. The van der Waals surface area contributed by atoms with Gasteiger partial charge in [-0.25, -0.2) is 0 Å². The molecule has 0 saturated carbocycles. The summed E-state index contributed by atoms with van der Waals surface area (Å²) in [6.45, 7) is 0.499. The lowest BCUT2D eigenvalue weighted by atomic mass is 10.1. The summed E-state index contributed by atoms with van der Waals surface area (Å²) in [5.74, 6) is 0. The van der Waals surface area contributed by atoms with Gasteiger partial charge in [0.15, 0.2) is 0 Å². The molecule has 2 heterocycles. The molecular formula is C10H9ClN2S. The first-order valence-electron chi connectivity index (χ1n) is 4.20. The normalized spacial score (nSPS) is 10.4. The molecule has 0 radical (unpaired) electrons. The van der Waals surface area contributed by atoms with Crippen LogP contribution in [0.15, 0.2) is 30.6 Å². The van der Waals surface area contributed by atoms with Crippen molar-refractivity contribution in [3.05, 3.63) is 40.5 Å². The largest absolute Gasteiger partial charge is 0.326 e. The van der Waals surface area contributed by atoms with Gasteiger partial charge in [0.1, 0.15) is 0 Å². The Morgan fingerprint density at radius 2 is 2.21 bits per heavy atom. The average Bonchev–Trinajstić information content (AvgIpc) is 2.65. The highest BCUT2D eigenvalue weighted by Gasteiger charge is 2.05. The molecule has 4 heteroatoms. The van der Waals surface area contributed by atoms with E-state index in [-0.39, 0.29) is 0 Å². The molecule has 0 spiro atoms. The van der Waals surface area contributed by atoms with Crippen LogP contribution in [0.2, 0.25) is 4.34 Å². The second-order valence-electron chi connectivity index (χ2n) is 2.84. The Balaban J connectivity index is 2.50. The Morgan fingerprint density at radius 1 is 1.36 bits per heavy atom. The van der Waals surface area contributed by atoms with Gasteiger partial charge >= 0.3 is 0 Å². The predicted molar refractivity (Wildman–Crippen MR) is 60.5 cm³/mol. The molecule has 0 aromatic carbocycles. The van der Waals surface area contributed by atoms with Gasteiger partial charge in [-0.1, -0.05) is 11.6 Å². The van der Waals surface area contributed by atoms with Crippen LogP contribution in [-0.4, -0.2) is 4.98 Å². The minimum absolute atomic E-state index is 0.499. The average molecular weight is 225 g/mol. The van der Waals surface area contributed by atoms with E-state index in [0.29, 0.717) is 6.54 Å². The molecule has 2 aromatic heterocycles. The molecule has 0 unspecified atom stereocenters. The van der Waals surface area contributed by atoms with Crippen molar-refractivity contribution in [1.82, 2.24) is 4.98 Å². The number of hydrogen-bond acceptors (Lipinski definition) is 3. The van der Waals surface area contributed by atoms with E-state index >= 15 is 0 Å². The first-order valence-corrected chi connectivity index (χ1v) is 5.39. The number of hydrogen-bond donors (Lipinski definition) is 1. The number of pyridine rings is 1. The standard InChI is InChI=1S/C10H9ClN2S/c11-10-2-1-9(14-10)8-3-4-13-6-7(8)5-12/h1-4,6H,5,12H2. The lowest BCUT2D eigenvalue weighted by Gasteiger charge is -2.03. The van der Waals surface area contributed by atoms with Crippen LogP contribution < -0.4 is 5.73 Å². The molecule has 0 atom stereocenters. The minimum atomic E-state index is 0.499. The van der Waals surface area contributed by atoms with Crippen molar-refractivity contribution in [2.45, 2.75) is 6.54 Å². The summed E-state index contributed by atoms with van der Waals surface area (Å²) in [4.78, 5) is 5.18. The van der Waals surface area contributed by atoms with Crippen LogP contribution in [0.1, 0.15) is 5.56 Å². The molecule has 0 saturated heterocycles. The first-order chi connectivity index (χ1) is 6.81. The van der Waals surface area contributed by atoms with Gasteiger partial charge in [-0.2, -0.15) is 0 Å². The highest BCUT2D eigenvalue weighted by Crippen LogP contribution is 2.32. The van der Waals surface area contributed by atoms with Crippen molar-refractivity contribution >= 4 is 22.9 Å². The molecule has 2 aromatic rings. The van der Waals surface area contributed by atoms with Crippen LogP contribution in [0.25, 0.3) is 10.4 Å². The monoisotopic (exact) mass is 224 g/mol. The predicted octanol–water partition coefficient (Wildman–Crippen LogP) is 2.92. The van der Waals surface area contributed by atoms with Gasteiger partial charge in [0.25, 0.3) is 0 Å². The van der Waals surface area contributed by atoms with Crippen molar-refractivity contribution in [2.75, 3.05) is 0 Å². The molecule has 0 aliphatic heterocycles. The van der Waals surface area contributed by atoms with Gasteiger partial charge in [0.05, 0.1) is 4.34 Å². The summed E-state index contributed by atoms with van der Waals surface area (Å²) in [7, 11) is 0. The van der Waals surface area contributed by atoms with Crippen LogP contribution in [0.3, 0.4) is 0 Å². The fourth-order valence-electron chi connectivity index (χ4n) is 1.29. The van der Waals surface area contributed by atoms with Gasteiger partial charge in [-0.3, -0.25) is 4.98 Å². The summed E-state index contributed by atoms with van der Waals surface area (Å²) in [6, 6.07) is 5.86. The van der Waals surface area contributed by atoms with Gasteiger partial charge in [-0.05, 0) is 29.3 Å². The zero-order chi connectivity index (χ0) is 9.97. The summed E-state index contributed by atoms with van der Waals surface area (Å²) >= 11 is 7.43. The molecule has 2 rings (SSSR count). The zero-order valence-electron chi connectivity index (χ0n) is 7.40. The molecule has 14 heavy (non-hydrogen) atoms. The van der Waals surface area contributed by atoms with Crippen LogP contribution in [0.5, 0.6) is 0 Å². The van der Waals surface area contributed by atoms with E-state index in [9.17, 15) is 0 Å². The fraction of sp³-hybridized carbons (Fsp3) is 0.100. The Labute approximate surface area is 91.4 Å². The third-order valence-electron chi connectivity index (χ3n) is 1.96. The van der Waals surface area contributed by atoms with Gasteiger partial charge in [0, 0.05) is 23.8 Å². The minimum Gasteiger partial charge on any atom is -0.326 e. The van der Waals surface area contributed by atoms with Crippen molar-refractivity contribution in [3.8, 4) is 10.4 Å². The summed E-state index contributed by atoms with van der Waals surface area (Å²) in [5.41, 5.74) is 7.80. The zero-order valence-corrected chi connectivity index (χ0v) is 8.98. The van der Waals surface area contributed by atoms with Crippen molar-refractivity contribution in [3.63, 3.8) is 0 Å². The fourth-order valence-corrected chi connectivity index (χ4v) is 2.39. The molecule has 0 bridgehead atoms. The van der Waals surface area contributed by atoms with Crippen LogP contribution in [-0.2, 0) is 6.54 Å². The third kappa shape index (κ3) is 1.80. The summed E-state index contributed by atoms with van der Waals surface area (Å²) < 4.78 is 0.791. The highest BCUT2D eigenvalue weighted by molar-refractivity contribution is 7.19. The maximum Gasteiger partial charge on any atom is 0.0934 e. The number of halogens is 1. The highest BCUT2D eigenvalue weighted by atomic mass is 35.5. The number of nitrogens with two attached hydrogens (primary N) is 1. The van der Waals surface area contributed by atoms with E-state index in [4.69, 9.17) is 17.3 Å². The van der Waals surface area contributed by atoms with E-state index < -0.39 is 0 Å². The first kappa shape index (κ1) is 9.65. The van der Waals surface area contributed by atoms with Gasteiger partial charge < -0.3 is 5.73 Å². The van der Waals surface area contributed by atoms with Crippen LogP contribution in [0, 0.1) is 0 Å². The Hall–Kier alpha value is -0.900. The lowest BCUT2D eigenvalue weighted by Crippen LogP contribution is -1.98. The lowest BCUT2D eigenvalue weighted by molar-refractivity contribution is 1.05. The van der Waals surface area contributed by atoms with Crippen molar-refractivity contribution in [1.29, 1.82) is 0 Å². The topological polar surface area (TPSA) is 38.9 Å². The number of aromatic nitrogens is 1. The molecular weight excluding hydrogens is 216 g/mol. The van der Waals surface area contributed by atoms with Gasteiger partial charge in [-0.15, -0.1) is 11.3 Å². The maximum absolute atomic E-state index is 5.88. The summed E-state index contributed by atoms with van der Waals surface area (Å²) in [5, 5.41) is 0. The molecule has 2 N–H and O–H groups in total. The van der Waals surface area contributed by atoms with E-state index in [2.05, 4.69) is 4.98 Å². The Bertz CT molecular complexity index is 439. The molecule has 0 fully saturated rings. The molecule has 0 aliphatic carbocycles. The van der Waals surface area contributed by atoms with E-state index in [1.54, 1.807) is 23.7 Å². The van der Waals surface area contributed by atoms with E-state index in [1.807, 2.05) is 18.2 Å². The van der Waals surface area contributed by atoms with Gasteiger partial charge in [0.2, 0.25) is 0 Å². The van der Waals surface area contributed by atoms with Crippen LogP contribution >= 0.6 is 22.9 Å². The molecule has 72 valence electrons. The van der Waals surface area contributed by atoms with Crippen LogP contribution in [0.4, 0.5) is 0 Å². The Kier molecular flexibility index (Phi) is 2.82. The summed E-state index contributed by atoms with van der Waals surface area (Å²) in [6.07, 6.45) is 3.56.